The number of carbonyl (C=O) groups excluding carboxylic acids is 1. The Bertz CT molecular complexity index is 460. The van der Waals surface area contributed by atoms with Gasteiger partial charge in [-0.2, -0.15) is 0 Å². The minimum atomic E-state index is -0.861. The lowest BCUT2D eigenvalue weighted by Crippen LogP contribution is -2.16. The van der Waals surface area contributed by atoms with Gasteiger partial charge >= 0.3 is 5.97 Å². The highest BCUT2D eigenvalue weighted by Crippen LogP contribution is 2.30. The Morgan fingerprint density at radius 2 is 2.00 bits per heavy atom. The van der Waals surface area contributed by atoms with Crippen LogP contribution in [-0.2, 0) is 9.59 Å². The monoisotopic (exact) mass is 216 g/mol. The van der Waals surface area contributed by atoms with E-state index in [-0.39, 0.29) is 18.1 Å². The van der Waals surface area contributed by atoms with E-state index in [0.29, 0.717) is 6.42 Å². The van der Waals surface area contributed by atoms with Crippen LogP contribution in [0.2, 0.25) is 0 Å². The summed E-state index contributed by atoms with van der Waals surface area (Å²) in [5.41, 5.74) is 1.95. The maximum absolute atomic E-state index is 11.7. The van der Waals surface area contributed by atoms with Crippen LogP contribution in [0.25, 0.3) is 6.08 Å². The molecule has 0 aromatic heterocycles. The zero-order chi connectivity index (χ0) is 11.5. The largest absolute Gasteiger partial charge is 0.481 e. The molecule has 1 aliphatic rings. The van der Waals surface area contributed by atoms with Crippen LogP contribution in [0.5, 0.6) is 0 Å². The summed E-state index contributed by atoms with van der Waals surface area (Å²) in [4.78, 5) is 22.2. The first-order valence-electron chi connectivity index (χ1n) is 5.21. The van der Waals surface area contributed by atoms with Gasteiger partial charge in [-0.25, -0.2) is 0 Å². The maximum Gasteiger partial charge on any atom is 0.303 e. The molecule has 0 spiro atoms. The standard InChI is InChI=1S/C13H12O3/c14-12-7-5-9-3-1-2-4-10(9)11(12)6-8-13(15)16/h1-5,7,11H,6,8H2,(H,15,16). The van der Waals surface area contributed by atoms with Crippen molar-refractivity contribution in [2.45, 2.75) is 18.8 Å². The molecule has 0 saturated carbocycles. The van der Waals surface area contributed by atoms with E-state index in [9.17, 15) is 9.59 Å². The summed E-state index contributed by atoms with van der Waals surface area (Å²) in [5.74, 6) is -1.16. The second-order valence-corrected chi connectivity index (χ2v) is 3.85. The number of carboxylic acid groups (broad SMARTS) is 1. The minimum Gasteiger partial charge on any atom is -0.481 e. The molecular formula is C13H12O3. The van der Waals surface area contributed by atoms with Gasteiger partial charge in [-0.15, -0.1) is 0 Å². The molecule has 1 aromatic carbocycles. The molecule has 0 radical (unpaired) electrons. The summed E-state index contributed by atoms with van der Waals surface area (Å²) >= 11 is 0. The quantitative estimate of drug-likeness (QED) is 0.842. The molecule has 16 heavy (non-hydrogen) atoms. The Morgan fingerprint density at radius 1 is 1.25 bits per heavy atom. The molecule has 0 saturated heterocycles. The first-order chi connectivity index (χ1) is 7.68. The molecule has 0 amide bonds. The van der Waals surface area contributed by atoms with Gasteiger partial charge in [0.25, 0.3) is 0 Å². The van der Waals surface area contributed by atoms with Crippen molar-refractivity contribution < 1.29 is 14.7 Å². The van der Waals surface area contributed by atoms with Crippen LogP contribution in [0.4, 0.5) is 0 Å². The average Bonchev–Trinajstić information content (AvgIpc) is 2.27. The zero-order valence-corrected chi connectivity index (χ0v) is 8.72. The number of hydrogen-bond acceptors (Lipinski definition) is 2. The van der Waals surface area contributed by atoms with Crippen molar-refractivity contribution in [2.24, 2.45) is 0 Å². The lowest BCUT2D eigenvalue weighted by Gasteiger charge is -2.19. The third-order valence-electron chi connectivity index (χ3n) is 2.79. The number of rotatable bonds is 3. The first-order valence-corrected chi connectivity index (χ1v) is 5.21. The molecule has 1 unspecified atom stereocenters. The van der Waals surface area contributed by atoms with E-state index in [0.717, 1.165) is 11.1 Å². The number of benzene rings is 1. The molecule has 1 atom stereocenters. The molecule has 2 rings (SSSR count). The SMILES string of the molecule is O=C(O)CCC1C(=O)C=Cc2ccccc21. The minimum absolute atomic E-state index is 0.0000463. The second-order valence-electron chi connectivity index (χ2n) is 3.85. The van der Waals surface area contributed by atoms with Crippen molar-refractivity contribution >= 4 is 17.8 Å². The van der Waals surface area contributed by atoms with E-state index in [2.05, 4.69) is 0 Å². The Hall–Kier alpha value is -1.90. The number of carbonyl (C=O) groups is 2. The number of carboxylic acids is 1. The van der Waals surface area contributed by atoms with Crippen molar-refractivity contribution in [3.63, 3.8) is 0 Å². The zero-order valence-electron chi connectivity index (χ0n) is 8.72. The molecule has 3 nitrogen and oxygen atoms in total. The summed E-state index contributed by atoms with van der Waals surface area (Å²) < 4.78 is 0. The number of aliphatic carboxylic acids is 1. The normalized spacial score (nSPS) is 18.2. The van der Waals surface area contributed by atoms with Crippen LogP contribution < -0.4 is 0 Å². The van der Waals surface area contributed by atoms with Gasteiger partial charge in [-0.05, 0) is 23.6 Å². The molecule has 0 bridgehead atoms. The van der Waals surface area contributed by atoms with E-state index >= 15 is 0 Å². The Kier molecular flexibility index (Phi) is 2.86. The smallest absolute Gasteiger partial charge is 0.303 e. The van der Waals surface area contributed by atoms with Crippen molar-refractivity contribution in [3.05, 3.63) is 41.5 Å². The average molecular weight is 216 g/mol. The predicted molar refractivity (Wildman–Crippen MR) is 60.1 cm³/mol. The summed E-state index contributed by atoms with van der Waals surface area (Å²) in [5, 5.41) is 8.65. The second kappa shape index (κ2) is 4.31. The van der Waals surface area contributed by atoms with Crippen molar-refractivity contribution in [2.75, 3.05) is 0 Å². The number of hydrogen-bond donors (Lipinski definition) is 1. The Labute approximate surface area is 93.4 Å². The summed E-state index contributed by atoms with van der Waals surface area (Å²) in [6.45, 7) is 0. The molecule has 1 aliphatic carbocycles. The summed E-state index contributed by atoms with van der Waals surface area (Å²) in [6, 6.07) is 7.61. The van der Waals surface area contributed by atoms with E-state index in [1.807, 2.05) is 24.3 Å². The molecule has 1 N–H and O–H groups in total. The van der Waals surface area contributed by atoms with E-state index in [1.54, 1.807) is 6.08 Å². The van der Waals surface area contributed by atoms with Crippen LogP contribution >= 0.6 is 0 Å². The third-order valence-corrected chi connectivity index (χ3v) is 2.79. The van der Waals surface area contributed by atoms with E-state index in [1.165, 1.54) is 6.08 Å². The van der Waals surface area contributed by atoms with Gasteiger partial charge in [0.15, 0.2) is 5.78 Å². The van der Waals surface area contributed by atoms with Crippen LogP contribution in [-0.4, -0.2) is 16.9 Å². The lowest BCUT2D eigenvalue weighted by molar-refractivity contribution is -0.137. The van der Waals surface area contributed by atoms with Crippen LogP contribution in [0.15, 0.2) is 30.3 Å². The molecule has 0 fully saturated rings. The fourth-order valence-electron chi connectivity index (χ4n) is 1.99. The predicted octanol–water partition coefficient (Wildman–Crippen LogP) is 2.23. The lowest BCUT2D eigenvalue weighted by atomic mass is 9.83. The number of allylic oxidation sites excluding steroid dienone is 1. The van der Waals surface area contributed by atoms with E-state index < -0.39 is 5.97 Å². The molecule has 82 valence electrons. The maximum atomic E-state index is 11.7. The highest BCUT2D eigenvalue weighted by Gasteiger charge is 2.24. The van der Waals surface area contributed by atoms with Gasteiger partial charge in [0.2, 0.25) is 0 Å². The molecule has 0 heterocycles. The van der Waals surface area contributed by atoms with Crippen LogP contribution in [0.3, 0.4) is 0 Å². The fourth-order valence-corrected chi connectivity index (χ4v) is 1.99. The van der Waals surface area contributed by atoms with Crippen molar-refractivity contribution in [3.8, 4) is 0 Å². The highest BCUT2D eigenvalue weighted by atomic mass is 16.4. The van der Waals surface area contributed by atoms with E-state index in [4.69, 9.17) is 5.11 Å². The molecular weight excluding hydrogens is 204 g/mol. The molecule has 0 aliphatic heterocycles. The van der Waals surface area contributed by atoms with Gasteiger partial charge in [-0.1, -0.05) is 30.3 Å². The molecule has 3 heteroatoms. The van der Waals surface area contributed by atoms with Crippen LogP contribution in [0, 0.1) is 0 Å². The number of ketones is 1. The van der Waals surface area contributed by atoms with Gasteiger partial charge < -0.3 is 5.11 Å². The van der Waals surface area contributed by atoms with Gasteiger partial charge in [0, 0.05) is 12.3 Å². The molecule has 1 aromatic rings. The van der Waals surface area contributed by atoms with Crippen LogP contribution in [0.1, 0.15) is 29.9 Å². The first kappa shape index (κ1) is 10.6. The summed E-state index contributed by atoms with van der Waals surface area (Å²) in [6.07, 6.45) is 3.72. The summed E-state index contributed by atoms with van der Waals surface area (Å²) in [7, 11) is 0. The van der Waals surface area contributed by atoms with Gasteiger partial charge in [-0.3, -0.25) is 9.59 Å². The third kappa shape index (κ3) is 2.03. The van der Waals surface area contributed by atoms with Gasteiger partial charge in [0.1, 0.15) is 0 Å². The fraction of sp³-hybridized carbons (Fsp3) is 0.231. The topological polar surface area (TPSA) is 54.4 Å². The Morgan fingerprint density at radius 3 is 2.75 bits per heavy atom. The Balaban J connectivity index is 2.27. The highest BCUT2D eigenvalue weighted by molar-refractivity contribution is 6.02. The van der Waals surface area contributed by atoms with Crippen molar-refractivity contribution in [1.82, 2.24) is 0 Å². The van der Waals surface area contributed by atoms with Crippen molar-refractivity contribution in [1.29, 1.82) is 0 Å². The number of fused-ring (bicyclic) bond motifs is 1. The van der Waals surface area contributed by atoms with Gasteiger partial charge in [0.05, 0.1) is 0 Å².